The number of halogens is 3. The first-order chi connectivity index (χ1) is 11.3. The maximum atomic E-state index is 12.2. The highest BCUT2D eigenvalue weighted by molar-refractivity contribution is 6.39. The minimum atomic E-state index is -1.08. The van der Waals surface area contributed by atoms with Gasteiger partial charge >= 0.3 is 5.97 Å². The molecule has 1 atom stereocenters. The van der Waals surface area contributed by atoms with Crippen molar-refractivity contribution in [3.63, 3.8) is 0 Å². The van der Waals surface area contributed by atoms with Crippen molar-refractivity contribution < 1.29 is 14.3 Å². The lowest BCUT2D eigenvalue weighted by Gasteiger charge is -2.15. The molecule has 0 aliphatic rings. The lowest BCUT2D eigenvalue weighted by molar-refractivity contribution is -0.123. The highest BCUT2D eigenvalue weighted by atomic mass is 35.5. The number of benzene rings is 2. The van der Waals surface area contributed by atoms with E-state index >= 15 is 0 Å². The zero-order valence-electron chi connectivity index (χ0n) is 12.5. The summed E-state index contributed by atoms with van der Waals surface area (Å²) in [6.45, 7) is 1.42. The fourth-order valence-corrected chi connectivity index (χ4v) is 2.51. The smallest absolute Gasteiger partial charge is 0.341 e. The SMILES string of the molecule is C[C@H](OC(=O)c1ccc(Cl)cc1N)C(=O)Nc1c(Cl)cccc1Cl. The van der Waals surface area contributed by atoms with Gasteiger partial charge in [-0.15, -0.1) is 0 Å². The number of nitrogen functional groups attached to an aromatic ring is 1. The van der Waals surface area contributed by atoms with Crippen LogP contribution in [0.1, 0.15) is 17.3 Å². The van der Waals surface area contributed by atoms with E-state index in [2.05, 4.69) is 5.32 Å². The summed E-state index contributed by atoms with van der Waals surface area (Å²) in [5.74, 6) is -1.32. The Balaban J connectivity index is 2.07. The lowest BCUT2D eigenvalue weighted by atomic mass is 10.2. The summed E-state index contributed by atoms with van der Waals surface area (Å²) in [5, 5.41) is 3.47. The molecule has 0 aromatic heterocycles. The molecule has 0 saturated carbocycles. The van der Waals surface area contributed by atoms with Gasteiger partial charge in [0.2, 0.25) is 0 Å². The normalized spacial score (nSPS) is 11.7. The Morgan fingerprint density at radius 3 is 2.33 bits per heavy atom. The second-order valence-corrected chi connectivity index (χ2v) is 6.12. The van der Waals surface area contributed by atoms with E-state index in [1.165, 1.54) is 25.1 Å². The van der Waals surface area contributed by atoms with Crippen LogP contribution in [0.4, 0.5) is 11.4 Å². The number of anilines is 2. The standard InChI is InChI=1S/C16H13Cl3N2O3/c1-8(15(22)21-14-11(18)3-2-4-12(14)19)24-16(23)10-6-5-9(17)7-13(10)20/h2-8H,20H2,1H3,(H,21,22)/t8-/m0/s1. The quantitative estimate of drug-likeness (QED) is 0.601. The van der Waals surface area contributed by atoms with E-state index in [0.29, 0.717) is 5.02 Å². The Hall–Kier alpha value is -1.95. The molecular weight excluding hydrogens is 375 g/mol. The highest BCUT2D eigenvalue weighted by Crippen LogP contribution is 2.30. The van der Waals surface area contributed by atoms with E-state index in [1.807, 2.05) is 0 Å². The molecule has 0 spiro atoms. The summed E-state index contributed by atoms with van der Waals surface area (Å²) in [6, 6.07) is 9.15. The summed E-state index contributed by atoms with van der Waals surface area (Å²) < 4.78 is 5.11. The van der Waals surface area contributed by atoms with Crippen LogP contribution in [0, 0.1) is 0 Å². The van der Waals surface area contributed by atoms with Crippen LogP contribution in [0.3, 0.4) is 0 Å². The number of esters is 1. The van der Waals surface area contributed by atoms with Gasteiger partial charge in [-0.05, 0) is 37.3 Å². The Bertz CT molecular complexity index is 776. The van der Waals surface area contributed by atoms with Gasteiger partial charge in [0.25, 0.3) is 5.91 Å². The zero-order valence-corrected chi connectivity index (χ0v) is 14.7. The summed E-state index contributed by atoms with van der Waals surface area (Å²) in [7, 11) is 0. The molecule has 0 aliphatic carbocycles. The van der Waals surface area contributed by atoms with Gasteiger partial charge in [0.15, 0.2) is 6.10 Å². The van der Waals surface area contributed by atoms with Crippen molar-refractivity contribution >= 4 is 58.1 Å². The molecule has 1 amide bonds. The van der Waals surface area contributed by atoms with Crippen molar-refractivity contribution in [2.24, 2.45) is 0 Å². The average molecular weight is 388 g/mol. The molecule has 0 saturated heterocycles. The number of hydrogen-bond donors (Lipinski definition) is 2. The molecule has 8 heteroatoms. The lowest BCUT2D eigenvalue weighted by Crippen LogP contribution is -2.30. The molecule has 0 unspecified atom stereocenters. The van der Waals surface area contributed by atoms with E-state index in [0.717, 1.165) is 0 Å². The molecule has 2 rings (SSSR count). The molecule has 0 aliphatic heterocycles. The molecule has 3 N–H and O–H groups in total. The van der Waals surface area contributed by atoms with Gasteiger partial charge in [-0.25, -0.2) is 4.79 Å². The second kappa shape index (κ2) is 7.75. The highest BCUT2D eigenvalue weighted by Gasteiger charge is 2.22. The van der Waals surface area contributed by atoms with Crippen LogP contribution in [0.25, 0.3) is 0 Å². The molecule has 2 aromatic carbocycles. The first kappa shape index (κ1) is 18.4. The number of rotatable bonds is 4. The number of ether oxygens (including phenoxy) is 1. The van der Waals surface area contributed by atoms with Gasteiger partial charge in [0.1, 0.15) is 0 Å². The van der Waals surface area contributed by atoms with Gasteiger partial charge in [0, 0.05) is 10.7 Å². The van der Waals surface area contributed by atoms with Crippen LogP contribution in [0.15, 0.2) is 36.4 Å². The second-order valence-electron chi connectivity index (χ2n) is 4.87. The topological polar surface area (TPSA) is 81.4 Å². The number of para-hydroxylation sites is 1. The Labute approximate surface area is 153 Å². The Morgan fingerprint density at radius 1 is 1.12 bits per heavy atom. The number of carbonyl (C=O) groups excluding carboxylic acids is 2. The Morgan fingerprint density at radius 2 is 1.75 bits per heavy atom. The van der Waals surface area contributed by atoms with E-state index in [9.17, 15) is 9.59 Å². The van der Waals surface area contributed by atoms with E-state index < -0.39 is 18.0 Å². The van der Waals surface area contributed by atoms with E-state index in [-0.39, 0.29) is 27.0 Å². The summed E-state index contributed by atoms with van der Waals surface area (Å²) in [4.78, 5) is 24.3. The van der Waals surface area contributed by atoms with Crippen LogP contribution in [-0.2, 0) is 9.53 Å². The van der Waals surface area contributed by atoms with Gasteiger partial charge in [-0.2, -0.15) is 0 Å². The molecule has 0 fully saturated rings. The van der Waals surface area contributed by atoms with E-state index in [4.69, 9.17) is 45.3 Å². The maximum Gasteiger partial charge on any atom is 0.341 e. The summed E-state index contributed by atoms with van der Waals surface area (Å²) in [6.07, 6.45) is -1.08. The van der Waals surface area contributed by atoms with Crippen molar-refractivity contribution in [2.75, 3.05) is 11.1 Å². The van der Waals surface area contributed by atoms with Crippen LogP contribution in [0.5, 0.6) is 0 Å². The van der Waals surface area contributed by atoms with Crippen LogP contribution in [0.2, 0.25) is 15.1 Å². The van der Waals surface area contributed by atoms with Crippen molar-refractivity contribution in [3.8, 4) is 0 Å². The van der Waals surface area contributed by atoms with Gasteiger partial charge < -0.3 is 15.8 Å². The zero-order chi connectivity index (χ0) is 17.9. The van der Waals surface area contributed by atoms with Crippen LogP contribution < -0.4 is 11.1 Å². The summed E-state index contributed by atoms with van der Waals surface area (Å²) >= 11 is 17.7. The van der Waals surface area contributed by atoms with E-state index in [1.54, 1.807) is 18.2 Å². The van der Waals surface area contributed by atoms with Crippen molar-refractivity contribution in [2.45, 2.75) is 13.0 Å². The number of amides is 1. The number of carbonyl (C=O) groups is 2. The minimum absolute atomic E-state index is 0.120. The fourth-order valence-electron chi connectivity index (χ4n) is 1.84. The number of nitrogens with one attached hydrogen (secondary N) is 1. The average Bonchev–Trinajstić information content (AvgIpc) is 2.50. The fraction of sp³-hybridized carbons (Fsp3) is 0.125. The third-order valence-corrected chi connectivity index (χ3v) is 3.96. The maximum absolute atomic E-state index is 12.2. The van der Waals surface area contributed by atoms with Gasteiger partial charge in [-0.1, -0.05) is 40.9 Å². The van der Waals surface area contributed by atoms with Crippen LogP contribution in [-0.4, -0.2) is 18.0 Å². The van der Waals surface area contributed by atoms with Gasteiger partial charge in [0.05, 0.1) is 21.3 Å². The molecular formula is C16H13Cl3N2O3. The first-order valence-electron chi connectivity index (χ1n) is 6.80. The molecule has 24 heavy (non-hydrogen) atoms. The minimum Gasteiger partial charge on any atom is -0.449 e. The monoisotopic (exact) mass is 386 g/mol. The summed E-state index contributed by atoms with van der Waals surface area (Å²) in [5.41, 5.74) is 6.25. The molecule has 0 heterocycles. The molecule has 2 aromatic rings. The number of nitrogens with two attached hydrogens (primary N) is 1. The van der Waals surface area contributed by atoms with Crippen LogP contribution >= 0.6 is 34.8 Å². The molecule has 0 bridgehead atoms. The largest absolute Gasteiger partial charge is 0.449 e. The third-order valence-electron chi connectivity index (χ3n) is 3.10. The van der Waals surface area contributed by atoms with Gasteiger partial charge in [-0.3, -0.25) is 4.79 Å². The molecule has 0 radical (unpaired) electrons. The van der Waals surface area contributed by atoms with Crippen molar-refractivity contribution in [1.29, 1.82) is 0 Å². The molecule has 5 nitrogen and oxygen atoms in total. The van der Waals surface area contributed by atoms with Crippen molar-refractivity contribution in [3.05, 3.63) is 57.0 Å². The third kappa shape index (κ3) is 4.32. The van der Waals surface area contributed by atoms with Crippen molar-refractivity contribution in [1.82, 2.24) is 0 Å². The number of hydrogen-bond acceptors (Lipinski definition) is 4. The molecule has 126 valence electrons. The predicted molar refractivity (Wildman–Crippen MR) is 95.8 cm³/mol. The predicted octanol–water partition coefficient (Wildman–Crippen LogP) is 4.41. The first-order valence-corrected chi connectivity index (χ1v) is 7.94. The Kier molecular flexibility index (Phi) is 5.94.